The Bertz CT molecular complexity index is 809. The molecule has 1 aromatic carbocycles. The summed E-state index contributed by atoms with van der Waals surface area (Å²) in [6, 6.07) is 11.7. The zero-order chi connectivity index (χ0) is 16.9. The van der Waals surface area contributed by atoms with Crippen LogP contribution in [0.2, 0.25) is 0 Å². The number of nitrogens with zero attached hydrogens (tertiary/aromatic N) is 3. The van der Waals surface area contributed by atoms with Gasteiger partial charge in [0.15, 0.2) is 5.82 Å². The highest BCUT2D eigenvalue weighted by Crippen LogP contribution is 2.16. The predicted octanol–water partition coefficient (Wildman–Crippen LogP) is 2.44. The van der Waals surface area contributed by atoms with Gasteiger partial charge < -0.3 is 14.8 Å². The van der Waals surface area contributed by atoms with Crippen LogP contribution in [0.15, 0.2) is 47.1 Å². The fourth-order valence-corrected chi connectivity index (χ4v) is 2.37. The van der Waals surface area contributed by atoms with E-state index in [-0.39, 0.29) is 12.5 Å². The first kappa shape index (κ1) is 15.9. The van der Waals surface area contributed by atoms with Crippen molar-refractivity contribution in [3.8, 4) is 11.3 Å². The number of hydrogen-bond acceptors (Lipinski definition) is 5. The van der Waals surface area contributed by atoms with Crippen molar-refractivity contribution in [1.82, 2.24) is 20.0 Å². The molecule has 7 nitrogen and oxygen atoms in total. The number of carbonyl (C=O) groups is 1. The van der Waals surface area contributed by atoms with Crippen LogP contribution in [0.5, 0.6) is 0 Å². The maximum atomic E-state index is 12.0. The molecule has 0 unspecified atom stereocenters. The maximum absolute atomic E-state index is 12.0. The minimum absolute atomic E-state index is 0.152. The van der Waals surface area contributed by atoms with Crippen molar-refractivity contribution < 1.29 is 9.32 Å². The first-order valence-electron chi connectivity index (χ1n) is 7.61. The molecule has 0 bridgehead atoms. The lowest BCUT2D eigenvalue weighted by atomic mass is 10.2. The van der Waals surface area contributed by atoms with Crippen molar-refractivity contribution in [2.24, 2.45) is 0 Å². The summed E-state index contributed by atoms with van der Waals surface area (Å²) in [6.45, 7) is 2.54. The van der Waals surface area contributed by atoms with Crippen LogP contribution in [0.4, 0.5) is 5.82 Å². The fourth-order valence-electron chi connectivity index (χ4n) is 2.37. The van der Waals surface area contributed by atoms with Gasteiger partial charge in [0.2, 0.25) is 5.91 Å². The Morgan fingerprint density at radius 3 is 2.83 bits per heavy atom. The van der Waals surface area contributed by atoms with Gasteiger partial charge in [0.25, 0.3) is 0 Å². The Morgan fingerprint density at radius 2 is 2.12 bits per heavy atom. The average molecular weight is 325 g/mol. The molecule has 0 radical (unpaired) electrons. The minimum atomic E-state index is -0.152. The molecule has 0 aliphatic rings. The number of aromatic nitrogens is 3. The number of likely N-dealkylation sites (N-methyl/N-ethyl adjacent to an activating group) is 1. The van der Waals surface area contributed by atoms with Crippen LogP contribution in [0.25, 0.3) is 11.3 Å². The van der Waals surface area contributed by atoms with Crippen LogP contribution in [0, 0.1) is 6.92 Å². The number of anilines is 1. The second kappa shape index (κ2) is 7.10. The van der Waals surface area contributed by atoms with Gasteiger partial charge in [0, 0.05) is 6.07 Å². The lowest BCUT2D eigenvalue weighted by molar-refractivity contribution is -0.117. The molecular formula is C17H19N5O2. The highest BCUT2D eigenvalue weighted by molar-refractivity contribution is 5.91. The van der Waals surface area contributed by atoms with Gasteiger partial charge in [-0.15, -0.1) is 0 Å². The van der Waals surface area contributed by atoms with Crippen LogP contribution in [0.1, 0.15) is 11.6 Å². The molecule has 0 saturated carbocycles. The van der Waals surface area contributed by atoms with E-state index in [1.165, 1.54) is 0 Å². The van der Waals surface area contributed by atoms with Crippen LogP contribution in [-0.2, 0) is 11.3 Å². The number of hydrogen-bond donors (Lipinski definition) is 2. The lowest BCUT2D eigenvalue weighted by Gasteiger charge is -2.13. The highest BCUT2D eigenvalue weighted by Gasteiger charge is 2.11. The van der Waals surface area contributed by atoms with Crippen molar-refractivity contribution in [3.05, 3.63) is 54.2 Å². The van der Waals surface area contributed by atoms with Crippen molar-refractivity contribution in [1.29, 1.82) is 0 Å². The first-order chi connectivity index (χ1) is 11.6. The number of imidazole rings is 1. The van der Waals surface area contributed by atoms with Crippen molar-refractivity contribution in [2.45, 2.75) is 13.5 Å². The molecule has 0 atom stereocenters. The van der Waals surface area contributed by atoms with E-state index in [1.54, 1.807) is 19.2 Å². The molecular weight excluding hydrogens is 306 g/mol. The summed E-state index contributed by atoms with van der Waals surface area (Å²) in [4.78, 5) is 21.5. The Hall–Kier alpha value is -2.93. The fraction of sp³-hybridized carbons (Fsp3) is 0.235. The van der Waals surface area contributed by atoms with Gasteiger partial charge in [-0.05, 0) is 19.5 Å². The number of carbonyl (C=O) groups excluding carboxylic acids is 1. The van der Waals surface area contributed by atoms with Crippen molar-refractivity contribution in [3.63, 3.8) is 0 Å². The topological polar surface area (TPSA) is 87.0 Å². The molecule has 2 N–H and O–H groups in total. The Labute approximate surface area is 139 Å². The number of aromatic amines is 1. The van der Waals surface area contributed by atoms with Gasteiger partial charge in [-0.3, -0.25) is 9.69 Å². The Balaban J connectivity index is 1.54. The molecule has 124 valence electrons. The van der Waals surface area contributed by atoms with Gasteiger partial charge in [0.05, 0.1) is 25.0 Å². The van der Waals surface area contributed by atoms with Crippen LogP contribution in [0.3, 0.4) is 0 Å². The predicted molar refractivity (Wildman–Crippen MR) is 90.2 cm³/mol. The number of amides is 1. The number of benzene rings is 1. The molecule has 0 saturated heterocycles. The van der Waals surface area contributed by atoms with E-state index in [1.807, 2.05) is 42.3 Å². The second-order valence-corrected chi connectivity index (χ2v) is 5.65. The summed E-state index contributed by atoms with van der Waals surface area (Å²) in [5, 5.41) is 6.43. The third-order valence-electron chi connectivity index (χ3n) is 3.44. The maximum Gasteiger partial charge on any atom is 0.239 e. The van der Waals surface area contributed by atoms with E-state index < -0.39 is 0 Å². The number of rotatable bonds is 6. The van der Waals surface area contributed by atoms with E-state index >= 15 is 0 Å². The lowest BCUT2D eigenvalue weighted by Crippen LogP contribution is -2.30. The molecule has 0 fully saturated rings. The molecule has 0 aliphatic heterocycles. The van der Waals surface area contributed by atoms with Gasteiger partial charge in [0.1, 0.15) is 11.6 Å². The summed E-state index contributed by atoms with van der Waals surface area (Å²) in [7, 11) is 1.86. The smallest absolute Gasteiger partial charge is 0.239 e. The molecule has 7 heteroatoms. The molecule has 0 aliphatic carbocycles. The SMILES string of the molecule is Cc1cc(NC(=O)CN(C)Cc2ncc(-c3ccccc3)[nH]2)no1. The molecule has 2 heterocycles. The van der Waals surface area contributed by atoms with E-state index in [2.05, 4.69) is 20.4 Å². The summed E-state index contributed by atoms with van der Waals surface area (Å²) in [6.07, 6.45) is 1.80. The molecule has 3 aromatic rings. The summed E-state index contributed by atoms with van der Waals surface area (Å²) >= 11 is 0. The summed E-state index contributed by atoms with van der Waals surface area (Å²) in [5.41, 5.74) is 2.04. The highest BCUT2D eigenvalue weighted by atomic mass is 16.5. The third kappa shape index (κ3) is 4.08. The molecule has 3 rings (SSSR count). The summed E-state index contributed by atoms with van der Waals surface area (Å²) in [5.74, 6) is 1.74. The number of H-pyrrole nitrogens is 1. The van der Waals surface area contributed by atoms with Gasteiger partial charge in [-0.2, -0.15) is 0 Å². The number of nitrogens with one attached hydrogen (secondary N) is 2. The van der Waals surface area contributed by atoms with Crippen molar-refractivity contribution in [2.75, 3.05) is 18.9 Å². The molecule has 0 spiro atoms. The zero-order valence-corrected chi connectivity index (χ0v) is 13.6. The molecule has 24 heavy (non-hydrogen) atoms. The number of aryl methyl sites for hydroxylation is 1. The molecule has 2 aromatic heterocycles. The largest absolute Gasteiger partial charge is 0.360 e. The van der Waals surface area contributed by atoms with Crippen molar-refractivity contribution >= 4 is 11.7 Å². The van der Waals surface area contributed by atoms with Crippen LogP contribution < -0.4 is 5.32 Å². The monoisotopic (exact) mass is 325 g/mol. The summed E-state index contributed by atoms with van der Waals surface area (Å²) < 4.78 is 4.92. The second-order valence-electron chi connectivity index (χ2n) is 5.65. The van der Waals surface area contributed by atoms with Gasteiger partial charge >= 0.3 is 0 Å². The van der Waals surface area contributed by atoms with E-state index in [9.17, 15) is 4.79 Å². The zero-order valence-electron chi connectivity index (χ0n) is 13.6. The van der Waals surface area contributed by atoms with E-state index in [4.69, 9.17) is 4.52 Å². The molecule has 1 amide bonds. The van der Waals surface area contributed by atoms with Gasteiger partial charge in [-0.25, -0.2) is 4.98 Å². The Kier molecular flexibility index (Phi) is 4.72. The standard InChI is InChI=1S/C17H19N5O2/c1-12-8-15(21-24-12)20-17(23)11-22(2)10-16-18-9-14(19-16)13-6-4-3-5-7-13/h3-9H,10-11H2,1-2H3,(H,18,19)(H,20,21,23). The van der Waals surface area contributed by atoms with E-state index in [0.717, 1.165) is 17.1 Å². The Morgan fingerprint density at radius 1 is 1.33 bits per heavy atom. The van der Waals surface area contributed by atoms with Crippen LogP contribution >= 0.6 is 0 Å². The minimum Gasteiger partial charge on any atom is -0.360 e. The average Bonchev–Trinajstić information content (AvgIpc) is 3.17. The third-order valence-corrected chi connectivity index (χ3v) is 3.44. The van der Waals surface area contributed by atoms with Crippen LogP contribution in [-0.4, -0.2) is 39.5 Å². The first-order valence-corrected chi connectivity index (χ1v) is 7.61. The van der Waals surface area contributed by atoms with E-state index in [0.29, 0.717) is 18.1 Å². The van der Waals surface area contributed by atoms with Gasteiger partial charge in [-0.1, -0.05) is 35.5 Å². The quantitative estimate of drug-likeness (QED) is 0.727. The normalized spacial score (nSPS) is 11.0.